The second-order valence-corrected chi connectivity index (χ2v) is 4.05. The van der Waals surface area contributed by atoms with Crippen LogP contribution in [0.4, 0.5) is 4.39 Å². The van der Waals surface area contributed by atoms with Crippen LogP contribution >= 0.6 is 11.6 Å². The molecule has 6 nitrogen and oxygen atoms in total. The monoisotopic (exact) mass is 288 g/mol. The molecule has 0 aliphatic heterocycles. The summed E-state index contributed by atoms with van der Waals surface area (Å²) in [4.78, 5) is 15.4. The van der Waals surface area contributed by atoms with Crippen LogP contribution in [0.15, 0.2) is 24.3 Å². The second-order valence-electron chi connectivity index (χ2n) is 3.66. The molecule has 1 heterocycles. The third kappa shape index (κ3) is 4.36. The molecule has 0 fully saturated rings. The molecule has 0 unspecified atom stereocenters. The molecule has 104 valence electrons. The maximum atomic E-state index is 13.7. The minimum absolute atomic E-state index is 0.0685. The highest BCUT2D eigenvalue weighted by Crippen LogP contribution is 2.15. The Kier molecular flexibility index (Phi) is 5.50. The van der Waals surface area contributed by atoms with Crippen LogP contribution in [-0.2, 0) is 6.54 Å². The lowest BCUT2D eigenvalue weighted by atomic mass is 10.2. The summed E-state index contributed by atoms with van der Waals surface area (Å²) >= 11 is 5.57. The largest absolute Gasteiger partial charge is 0.370 e. The number of halogens is 2. The fourth-order valence-corrected chi connectivity index (χ4v) is 1.67. The Morgan fingerprint density at radius 3 is 2.89 bits per heavy atom. The zero-order chi connectivity index (χ0) is 14.4. The van der Waals surface area contributed by atoms with Gasteiger partial charge in [-0.05, 0) is 6.92 Å². The lowest BCUT2D eigenvalue weighted by Gasteiger charge is -2.23. The van der Waals surface area contributed by atoms with Gasteiger partial charge in [0.25, 0.3) is 6.20 Å². The van der Waals surface area contributed by atoms with Gasteiger partial charge in [0.2, 0.25) is 0 Å². The number of nitrogens with one attached hydrogen (secondary N) is 1. The SMILES string of the molecule is CCN(Cc1cnc(Cl)cc1F)/C(=C/[N+](=O)[O-])NC. The predicted octanol–water partition coefficient (Wildman–Crippen LogP) is 1.99. The van der Waals surface area contributed by atoms with Crippen molar-refractivity contribution < 1.29 is 9.31 Å². The van der Waals surface area contributed by atoms with Crippen LogP contribution in [0, 0.1) is 15.9 Å². The maximum Gasteiger partial charge on any atom is 0.274 e. The number of aromatic nitrogens is 1. The van der Waals surface area contributed by atoms with Crippen LogP contribution in [0.3, 0.4) is 0 Å². The summed E-state index contributed by atoms with van der Waals surface area (Å²) < 4.78 is 13.7. The van der Waals surface area contributed by atoms with E-state index in [9.17, 15) is 14.5 Å². The minimum Gasteiger partial charge on any atom is -0.370 e. The first-order chi connectivity index (χ1) is 8.97. The Labute approximate surface area is 115 Å². The van der Waals surface area contributed by atoms with E-state index in [0.717, 1.165) is 12.3 Å². The molecule has 1 rings (SSSR count). The van der Waals surface area contributed by atoms with Gasteiger partial charge in [-0.2, -0.15) is 0 Å². The van der Waals surface area contributed by atoms with Crippen molar-refractivity contribution in [1.82, 2.24) is 15.2 Å². The molecule has 0 atom stereocenters. The average molecular weight is 289 g/mol. The van der Waals surface area contributed by atoms with Gasteiger partial charge in [-0.15, -0.1) is 0 Å². The minimum atomic E-state index is -0.565. The van der Waals surface area contributed by atoms with Gasteiger partial charge in [-0.3, -0.25) is 10.1 Å². The zero-order valence-corrected chi connectivity index (χ0v) is 11.3. The van der Waals surface area contributed by atoms with E-state index in [2.05, 4.69) is 10.3 Å². The van der Waals surface area contributed by atoms with Crippen molar-refractivity contribution in [3.63, 3.8) is 0 Å². The van der Waals surface area contributed by atoms with E-state index in [4.69, 9.17) is 11.6 Å². The summed E-state index contributed by atoms with van der Waals surface area (Å²) in [5.74, 6) is -0.197. The van der Waals surface area contributed by atoms with Gasteiger partial charge < -0.3 is 10.2 Å². The molecule has 0 aliphatic carbocycles. The molecule has 0 spiro atoms. The number of rotatable bonds is 6. The molecule has 0 saturated carbocycles. The van der Waals surface area contributed by atoms with Crippen molar-refractivity contribution in [3.05, 3.63) is 50.9 Å². The van der Waals surface area contributed by atoms with E-state index in [-0.39, 0.29) is 11.7 Å². The fraction of sp³-hybridized carbons (Fsp3) is 0.364. The Balaban J connectivity index is 2.95. The Morgan fingerprint density at radius 1 is 1.74 bits per heavy atom. The number of pyridine rings is 1. The van der Waals surface area contributed by atoms with Crippen LogP contribution in [0.25, 0.3) is 0 Å². The van der Waals surface area contributed by atoms with Crippen molar-refractivity contribution in [3.8, 4) is 0 Å². The maximum absolute atomic E-state index is 13.7. The molecule has 1 aromatic rings. The van der Waals surface area contributed by atoms with Crippen molar-refractivity contribution in [2.24, 2.45) is 0 Å². The number of hydrogen-bond acceptors (Lipinski definition) is 5. The normalized spacial score (nSPS) is 11.3. The Hall–Kier alpha value is -1.89. The van der Waals surface area contributed by atoms with Crippen LogP contribution < -0.4 is 5.32 Å². The first-order valence-corrected chi connectivity index (χ1v) is 5.93. The quantitative estimate of drug-likeness (QED) is 0.492. The van der Waals surface area contributed by atoms with E-state index < -0.39 is 10.7 Å². The number of hydrogen-bond donors (Lipinski definition) is 1. The van der Waals surface area contributed by atoms with Gasteiger partial charge in [0, 0.05) is 38.0 Å². The molecule has 19 heavy (non-hydrogen) atoms. The summed E-state index contributed by atoms with van der Waals surface area (Å²) in [6.45, 7) is 2.45. The lowest BCUT2D eigenvalue weighted by molar-refractivity contribution is -0.404. The smallest absolute Gasteiger partial charge is 0.274 e. The van der Waals surface area contributed by atoms with Crippen LogP contribution in [-0.4, -0.2) is 28.4 Å². The second kappa shape index (κ2) is 6.89. The average Bonchev–Trinajstić information content (AvgIpc) is 2.35. The zero-order valence-electron chi connectivity index (χ0n) is 10.6. The number of nitrogens with zero attached hydrogens (tertiary/aromatic N) is 3. The summed E-state index contributed by atoms with van der Waals surface area (Å²) in [7, 11) is 1.56. The Morgan fingerprint density at radius 2 is 2.42 bits per heavy atom. The summed E-state index contributed by atoms with van der Waals surface area (Å²) in [5.41, 5.74) is 0.316. The highest BCUT2D eigenvalue weighted by molar-refractivity contribution is 6.29. The van der Waals surface area contributed by atoms with Crippen molar-refractivity contribution >= 4 is 11.6 Å². The molecular formula is C11H14ClFN4O2. The first-order valence-electron chi connectivity index (χ1n) is 5.55. The number of nitro groups is 1. The summed E-state index contributed by atoms with van der Waals surface area (Å²) in [6, 6.07) is 1.11. The molecule has 1 aromatic heterocycles. The van der Waals surface area contributed by atoms with Gasteiger partial charge in [-0.25, -0.2) is 9.37 Å². The molecule has 0 radical (unpaired) electrons. The standard InChI is InChI=1S/C11H14ClFN4O2/c1-3-16(11(14-2)7-17(18)19)6-8-5-15-10(12)4-9(8)13/h4-5,7,14H,3,6H2,1-2H3/b11-7+. The topological polar surface area (TPSA) is 71.3 Å². The molecule has 0 amide bonds. The van der Waals surface area contributed by atoms with Crippen molar-refractivity contribution in [1.29, 1.82) is 0 Å². The molecule has 8 heteroatoms. The van der Waals surface area contributed by atoms with Crippen molar-refractivity contribution in [2.45, 2.75) is 13.5 Å². The van der Waals surface area contributed by atoms with Gasteiger partial charge in [0.1, 0.15) is 11.0 Å². The van der Waals surface area contributed by atoms with Gasteiger partial charge >= 0.3 is 0 Å². The summed E-state index contributed by atoms with van der Waals surface area (Å²) in [5, 5.41) is 13.3. The summed E-state index contributed by atoms with van der Waals surface area (Å²) in [6.07, 6.45) is 2.16. The van der Waals surface area contributed by atoms with Crippen LogP contribution in [0.2, 0.25) is 5.15 Å². The first kappa shape index (κ1) is 15.2. The van der Waals surface area contributed by atoms with Crippen LogP contribution in [0.1, 0.15) is 12.5 Å². The highest BCUT2D eigenvalue weighted by atomic mass is 35.5. The van der Waals surface area contributed by atoms with Crippen LogP contribution in [0.5, 0.6) is 0 Å². The van der Waals surface area contributed by atoms with Crippen molar-refractivity contribution in [2.75, 3.05) is 13.6 Å². The highest BCUT2D eigenvalue weighted by Gasteiger charge is 2.13. The third-order valence-electron chi connectivity index (χ3n) is 2.46. The van der Waals surface area contributed by atoms with E-state index in [1.54, 1.807) is 11.9 Å². The van der Waals surface area contributed by atoms with Gasteiger partial charge in [0.15, 0.2) is 5.82 Å². The third-order valence-corrected chi connectivity index (χ3v) is 2.67. The molecule has 1 N–H and O–H groups in total. The van der Waals surface area contributed by atoms with Gasteiger partial charge in [-0.1, -0.05) is 11.6 Å². The van der Waals surface area contributed by atoms with E-state index >= 15 is 0 Å². The molecule has 0 aromatic carbocycles. The molecule has 0 saturated heterocycles. The van der Waals surface area contributed by atoms with E-state index in [1.165, 1.54) is 6.20 Å². The predicted molar refractivity (Wildman–Crippen MR) is 69.4 cm³/mol. The molecule has 0 aliphatic rings. The molecular weight excluding hydrogens is 275 g/mol. The van der Waals surface area contributed by atoms with Gasteiger partial charge in [0.05, 0.1) is 4.92 Å². The van der Waals surface area contributed by atoms with E-state index in [0.29, 0.717) is 17.9 Å². The fourth-order valence-electron chi connectivity index (χ4n) is 1.53. The Bertz CT molecular complexity index is 496. The lowest BCUT2D eigenvalue weighted by Crippen LogP contribution is -2.30. The molecule has 0 bridgehead atoms. The van der Waals surface area contributed by atoms with E-state index in [1.807, 2.05) is 6.92 Å².